The second-order valence-corrected chi connectivity index (χ2v) is 9.29. The van der Waals surface area contributed by atoms with E-state index in [0.29, 0.717) is 29.7 Å². The van der Waals surface area contributed by atoms with Crippen molar-refractivity contribution in [3.05, 3.63) is 98.2 Å². The Morgan fingerprint density at radius 1 is 1.09 bits per heavy atom. The van der Waals surface area contributed by atoms with Crippen LogP contribution >= 0.6 is 0 Å². The van der Waals surface area contributed by atoms with E-state index in [2.05, 4.69) is 36.2 Å². The summed E-state index contributed by atoms with van der Waals surface area (Å²) in [5.74, 6) is -0.180. The number of nitro groups is 1. The molecule has 0 aliphatic rings. The van der Waals surface area contributed by atoms with E-state index in [4.69, 9.17) is 0 Å². The molecule has 35 heavy (non-hydrogen) atoms. The number of nitro benzene ring substituents is 1. The highest BCUT2D eigenvalue weighted by atomic mass is 16.6. The lowest BCUT2D eigenvalue weighted by Gasteiger charge is -2.19. The van der Waals surface area contributed by atoms with Crippen LogP contribution in [0.2, 0.25) is 0 Å². The molecule has 0 fully saturated rings. The number of hydrogen-bond donors (Lipinski definition) is 1. The number of benzene rings is 2. The number of nitrogens with one attached hydrogen (secondary N) is 1. The molecule has 2 aromatic carbocycles. The first-order chi connectivity index (χ1) is 16.6. The lowest BCUT2D eigenvalue weighted by Crippen LogP contribution is -2.28. The maximum atomic E-state index is 12.9. The van der Waals surface area contributed by atoms with Crippen molar-refractivity contribution in [2.75, 3.05) is 6.54 Å². The van der Waals surface area contributed by atoms with Crippen molar-refractivity contribution in [1.29, 1.82) is 0 Å². The highest BCUT2D eigenvalue weighted by Crippen LogP contribution is 2.22. The molecular weight excluding hydrogens is 448 g/mol. The first-order valence-electron chi connectivity index (χ1n) is 11.2. The van der Waals surface area contributed by atoms with E-state index < -0.39 is 4.92 Å². The molecule has 4 aromatic rings. The van der Waals surface area contributed by atoms with Crippen molar-refractivity contribution in [3.8, 4) is 0 Å². The summed E-state index contributed by atoms with van der Waals surface area (Å²) in [6.07, 6.45) is 2.89. The topological polar surface area (TPSA) is 125 Å². The van der Waals surface area contributed by atoms with Crippen LogP contribution in [-0.4, -0.2) is 36.7 Å². The molecule has 4 rings (SSSR count). The van der Waals surface area contributed by atoms with Gasteiger partial charge >= 0.3 is 0 Å². The van der Waals surface area contributed by atoms with Crippen LogP contribution in [-0.2, 0) is 18.5 Å². The molecule has 0 aliphatic carbocycles. The SMILES string of the molecule is CC(C)(C)c1ccc(C(=O)NCCn2ncc3c(=O)n(Cc4ccc([N+](=O)[O-])cc4)cnc32)cc1. The zero-order chi connectivity index (χ0) is 25.2. The molecule has 0 aliphatic heterocycles. The van der Waals surface area contributed by atoms with Gasteiger partial charge in [0.05, 0.1) is 24.2 Å². The summed E-state index contributed by atoms with van der Waals surface area (Å²) in [5, 5.41) is 18.3. The van der Waals surface area contributed by atoms with E-state index in [1.165, 1.54) is 29.2 Å². The third-order valence-corrected chi connectivity index (χ3v) is 5.74. The van der Waals surface area contributed by atoms with Crippen molar-refractivity contribution in [1.82, 2.24) is 24.6 Å². The van der Waals surface area contributed by atoms with Crippen LogP contribution in [0.1, 0.15) is 42.3 Å². The van der Waals surface area contributed by atoms with Gasteiger partial charge in [-0.1, -0.05) is 45.0 Å². The van der Waals surface area contributed by atoms with E-state index in [-0.39, 0.29) is 29.1 Å². The highest BCUT2D eigenvalue weighted by Gasteiger charge is 2.15. The molecule has 180 valence electrons. The molecule has 10 nitrogen and oxygen atoms in total. The van der Waals surface area contributed by atoms with E-state index in [9.17, 15) is 19.7 Å². The van der Waals surface area contributed by atoms with Gasteiger partial charge in [-0.25, -0.2) is 9.67 Å². The number of non-ortho nitro benzene ring substituents is 1. The van der Waals surface area contributed by atoms with Crippen molar-refractivity contribution in [3.63, 3.8) is 0 Å². The zero-order valence-electron chi connectivity index (χ0n) is 19.8. The van der Waals surface area contributed by atoms with Gasteiger partial charge in [-0.3, -0.25) is 24.3 Å². The fourth-order valence-corrected chi connectivity index (χ4v) is 3.69. The molecule has 0 radical (unpaired) electrons. The minimum atomic E-state index is -0.469. The van der Waals surface area contributed by atoms with E-state index >= 15 is 0 Å². The van der Waals surface area contributed by atoms with Crippen molar-refractivity contribution >= 4 is 22.6 Å². The van der Waals surface area contributed by atoms with Crippen LogP contribution < -0.4 is 10.9 Å². The van der Waals surface area contributed by atoms with Gasteiger partial charge in [0.25, 0.3) is 17.2 Å². The van der Waals surface area contributed by atoms with Crippen molar-refractivity contribution in [2.24, 2.45) is 0 Å². The molecule has 0 saturated heterocycles. The minimum Gasteiger partial charge on any atom is -0.350 e. The predicted molar refractivity (Wildman–Crippen MR) is 131 cm³/mol. The Kier molecular flexibility index (Phi) is 6.46. The summed E-state index contributed by atoms with van der Waals surface area (Å²) in [6, 6.07) is 13.6. The molecule has 10 heteroatoms. The predicted octanol–water partition coefficient (Wildman–Crippen LogP) is 3.28. The molecule has 0 bridgehead atoms. The summed E-state index contributed by atoms with van der Waals surface area (Å²) in [5.41, 5.74) is 2.65. The first-order valence-corrected chi connectivity index (χ1v) is 11.2. The van der Waals surface area contributed by atoms with E-state index in [0.717, 1.165) is 11.1 Å². The van der Waals surface area contributed by atoms with Gasteiger partial charge in [0.2, 0.25) is 0 Å². The Bertz CT molecular complexity index is 1430. The number of amides is 1. The number of nitrogens with zero attached hydrogens (tertiary/aromatic N) is 5. The van der Waals surface area contributed by atoms with E-state index in [1.54, 1.807) is 16.8 Å². The number of hydrogen-bond acceptors (Lipinski definition) is 6. The summed E-state index contributed by atoms with van der Waals surface area (Å²) < 4.78 is 3.01. The van der Waals surface area contributed by atoms with E-state index in [1.807, 2.05) is 24.3 Å². The van der Waals surface area contributed by atoms with Gasteiger partial charge in [-0.15, -0.1) is 0 Å². The molecule has 0 spiro atoms. The Morgan fingerprint density at radius 2 is 1.77 bits per heavy atom. The van der Waals surface area contributed by atoms with Crippen LogP contribution in [0.4, 0.5) is 5.69 Å². The summed E-state index contributed by atoms with van der Waals surface area (Å²) >= 11 is 0. The molecule has 0 saturated carbocycles. The molecule has 2 aromatic heterocycles. The van der Waals surface area contributed by atoms with Crippen LogP contribution in [0.5, 0.6) is 0 Å². The summed E-state index contributed by atoms with van der Waals surface area (Å²) in [4.78, 5) is 40.1. The summed E-state index contributed by atoms with van der Waals surface area (Å²) in [6.45, 7) is 7.27. The van der Waals surface area contributed by atoms with Crippen LogP contribution in [0.3, 0.4) is 0 Å². The Labute approximate surface area is 201 Å². The molecule has 1 amide bonds. The third kappa shape index (κ3) is 5.26. The fourth-order valence-electron chi connectivity index (χ4n) is 3.69. The lowest BCUT2D eigenvalue weighted by atomic mass is 9.87. The maximum absolute atomic E-state index is 12.9. The molecule has 0 atom stereocenters. The quantitative estimate of drug-likeness (QED) is 0.324. The average molecular weight is 475 g/mol. The standard InChI is InChI=1S/C25H26N6O4/c1-25(2,3)19-8-6-18(7-9-19)23(32)26-12-13-30-22-21(14-28-30)24(33)29(16-27-22)15-17-4-10-20(11-5-17)31(34)35/h4-11,14,16H,12-13,15H2,1-3H3,(H,26,32). The first kappa shape index (κ1) is 23.8. The smallest absolute Gasteiger partial charge is 0.269 e. The number of fused-ring (bicyclic) bond motifs is 1. The van der Waals surface area contributed by atoms with Crippen LogP contribution in [0, 0.1) is 10.1 Å². The van der Waals surface area contributed by atoms with Gasteiger partial charge in [0.1, 0.15) is 11.7 Å². The molecule has 0 unspecified atom stereocenters. The molecular formula is C25H26N6O4. The summed E-state index contributed by atoms with van der Waals surface area (Å²) in [7, 11) is 0. The Balaban J connectivity index is 1.41. The van der Waals surface area contributed by atoms with Crippen molar-refractivity contribution in [2.45, 2.75) is 39.3 Å². The molecule has 2 heterocycles. The second-order valence-electron chi connectivity index (χ2n) is 9.29. The monoisotopic (exact) mass is 474 g/mol. The number of carbonyl (C=O) groups is 1. The van der Waals surface area contributed by atoms with Gasteiger partial charge in [0.15, 0.2) is 5.65 Å². The van der Waals surface area contributed by atoms with Gasteiger partial charge in [0, 0.05) is 24.2 Å². The normalized spacial score (nSPS) is 11.5. The van der Waals surface area contributed by atoms with Gasteiger partial charge < -0.3 is 5.32 Å². The van der Waals surface area contributed by atoms with Gasteiger partial charge in [-0.2, -0.15) is 5.10 Å². The fraction of sp³-hybridized carbons (Fsp3) is 0.280. The number of rotatable bonds is 7. The minimum absolute atomic E-state index is 0.00929. The third-order valence-electron chi connectivity index (χ3n) is 5.74. The zero-order valence-corrected chi connectivity index (χ0v) is 19.8. The number of carbonyl (C=O) groups excluding carboxylic acids is 1. The largest absolute Gasteiger partial charge is 0.350 e. The average Bonchev–Trinajstić information content (AvgIpc) is 3.24. The highest BCUT2D eigenvalue weighted by molar-refractivity contribution is 5.94. The molecule has 1 N–H and O–H groups in total. The Hall–Kier alpha value is -4.34. The van der Waals surface area contributed by atoms with Crippen molar-refractivity contribution < 1.29 is 9.72 Å². The van der Waals surface area contributed by atoms with Crippen LogP contribution in [0.15, 0.2) is 65.8 Å². The second kappa shape index (κ2) is 9.49. The Morgan fingerprint density at radius 3 is 2.40 bits per heavy atom. The maximum Gasteiger partial charge on any atom is 0.269 e. The van der Waals surface area contributed by atoms with Gasteiger partial charge in [-0.05, 0) is 28.7 Å². The lowest BCUT2D eigenvalue weighted by molar-refractivity contribution is -0.384. The number of aromatic nitrogens is 4. The van der Waals surface area contributed by atoms with Crippen LogP contribution in [0.25, 0.3) is 11.0 Å².